The Morgan fingerprint density at radius 3 is 2.57 bits per heavy atom. The van der Waals surface area contributed by atoms with E-state index >= 15 is 0 Å². The number of hydrogen-bond donors (Lipinski definition) is 0. The van der Waals surface area contributed by atoms with Crippen LogP contribution in [-0.2, 0) is 19.4 Å². The van der Waals surface area contributed by atoms with E-state index in [2.05, 4.69) is 41.8 Å². The maximum Gasteiger partial charge on any atom is 0.128 e. The van der Waals surface area contributed by atoms with E-state index in [0.717, 1.165) is 68.3 Å². The SMILES string of the molecule is COc1ccc(CN2CCN(C(C)C)CC2)cc1-c1nc2c(cc1C#N)CCCC2. The van der Waals surface area contributed by atoms with Crippen LogP contribution in [0.5, 0.6) is 5.75 Å². The van der Waals surface area contributed by atoms with E-state index in [0.29, 0.717) is 11.6 Å². The number of pyridine rings is 1. The fourth-order valence-electron chi connectivity index (χ4n) is 4.66. The highest BCUT2D eigenvalue weighted by atomic mass is 16.5. The molecule has 0 bridgehead atoms. The van der Waals surface area contributed by atoms with Gasteiger partial charge in [0.05, 0.1) is 18.4 Å². The Bertz CT molecular complexity index is 939. The zero-order chi connectivity index (χ0) is 21.1. The van der Waals surface area contributed by atoms with Gasteiger partial charge in [0, 0.05) is 50.0 Å². The lowest BCUT2D eigenvalue weighted by molar-refractivity contribution is 0.104. The lowest BCUT2D eigenvalue weighted by Crippen LogP contribution is -2.48. The number of fused-ring (bicyclic) bond motifs is 1. The van der Waals surface area contributed by atoms with Crippen molar-refractivity contribution in [2.45, 2.75) is 52.1 Å². The van der Waals surface area contributed by atoms with Crippen LogP contribution in [0.2, 0.25) is 0 Å². The second-order valence-corrected chi connectivity index (χ2v) is 8.75. The van der Waals surface area contributed by atoms with Gasteiger partial charge in [-0.2, -0.15) is 5.26 Å². The Kier molecular flexibility index (Phi) is 6.36. The number of hydrogen-bond acceptors (Lipinski definition) is 5. The third-order valence-electron chi connectivity index (χ3n) is 6.48. The molecule has 1 aliphatic heterocycles. The van der Waals surface area contributed by atoms with E-state index < -0.39 is 0 Å². The molecule has 0 saturated carbocycles. The number of ether oxygens (including phenoxy) is 1. The fourth-order valence-corrected chi connectivity index (χ4v) is 4.66. The van der Waals surface area contributed by atoms with Gasteiger partial charge in [0.25, 0.3) is 0 Å². The Morgan fingerprint density at radius 1 is 1.10 bits per heavy atom. The van der Waals surface area contributed by atoms with Crippen LogP contribution in [0.1, 0.15) is 49.1 Å². The van der Waals surface area contributed by atoms with Gasteiger partial charge in [-0.05, 0) is 68.9 Å². The summed E-state index contributed by atoms with van der Waals surface area (Å²) in [5.74, 6) is 0.781. The molecule has 1 aromatic heterocycles. The first-order chi connectivity index (χ1) is 14.6. The average Bonchev–Trinajstić information content (AvgIpc) is 2.78. The van der Waals surface area contributed by atoms with Crippen molar-refractivity contribution in [3.05, 3.63) is 46.6 Å². The number of benzene rings is 1. The van der Waals surface area contributed by atoms with Gasteiger partial charge in [-0.1, -0.05) is 6.07 Å². The van der Waals surface area contributed by atoms with Crippen LogP contribution in [0.25, 0.3) is 11.3 Å². The van der Waals surface area contributed by atoms with Crippen molar-refractivity contribution >= 4 is 0 Å². The van der Waals surface area contributed by atoms with Crippen molar-refractivity contribution in [1.82, 2.24) is 14.8 Å². The monoisotopic (exact) mass is 404 g/mol. The molecule has 5 heteroatoms. The lowest BCUT2D eigenvalue weighted by Gasteiger charge is -2.37. The lowest BCUT2D eigenvalue weighted by atomic mass is 9.92. The molecule has 158 valence electrons. The van der Waals surface area contributed by atoms with Crippen LogP contribution in [0, 0.1) is 11.3 Å². The Hall–Kier alpha value is -2.42. The van der Waals surface area contributed by atoms with Gasteiger partial charge in [0.1, 0.15) is 11.8 Å². The molecule has 2 aliphatic rings. The third-order valence-corrected chi connectivity index (χ3v) is 6.48. The Labute approximate surface area is 180 Å². The molecule has 1 fully saturated rings. The molecule has 0 amide bonds. The summed E-state index contributed by atoms with van der Waals surface area (Å²) >= 11 is 0. The van der Waals surface area contributed by atoms with Crippen molar-refractivity contribution in [2.24, 2.45) is 0 Å². The van der Waals surface area contributed by atoms with Crippen molar-refractivity contribution in [3.63, 3.8) is 0 Å². The van der Waals surface area contributed by atoms with Gasteiger partial charge in [-0.15, -0.1) is 0 Å². The standard InChI is InChI=1S/C25H32N4O/c1-18(2)29-12-10-28(11-13-29)17-19-8-9-24(30-3)22(14-19)25-21(16-26)15-20-6-4-5-7-23(20)27-25/h8-9,14-15,18H,4-7,10-13,17H2,1-3H3. The first-order valence-electron chi connectivity index (χ1n) is 11.2. The van der Waals surface area contributed by atoms with E-state index in [1.807, 2.05) is 12.1 Å². The van der Waals surface area contributed by atoms with Gasteiger partial charge in [0.2, 0.25) is 0 Å². The van der Waals surface area contributed by atoms with Gasteiger partial charge in [-0.3, -0.25) is 14.8 Å². The highest BCUT2D eigenvalue weighted by molar-refractivity contribution is 5.73. The maximum absolute atomic E-state index is 9.80. The average molecular weight is 405 g/mol. The predicted molar refractivity (Wildman–Crippen MR) is 120 cm³/mol. The maximum atomic E-state index is 9.80. The van der Waals surface area contributed by atoms with Gasteiger partial charge >= 0.3 is 0 Å². The van der Waals surface area contributed by atoms with Crippen LogP contribution in [-0.4, -0.2) is 54.1 Å². The molecule has 1 aliphatic carbocycles. The number of aromatic nitrogens is 1. The Morgan fingerprint density at radius 2 is 1.87 bits per heavy atom. The zero-order valence-corrected chi connectivity index (χ0v) is 18.4. The summed E-state index contributed by atoms with van der Waals surface area (Å²) in [7, 11) is 1.69. The summed E-state index contributed by atoms with van der Waals surface area (Å²) in [6, 6.07) is 11.4. The summed E-state index contributed by atoms with van der Waals surface area (Å²) in [4.78, 5) is 10.0. The molecule has 30 heavy (non-hydrogen) atoms. The normalized spacial score (nSPS) is 17.6. The number of rotatable bonds is 5. The number of nitriles is 1. The van der Waals surface area contributed by atoms with Crippen LogP contribution in [0.3, 0.4) is 0 Å². The van der Waals surface area contributed by atoms with Crippen molar-refractivity contribution in [1.29, 1.82) is 5.26 Å². The minimum atomic E-state index is 0.610. The molecule has 1 saturated heterocycles. The minimum absolute atomic E-state index is 0.610. The summed E-state index contributed by atoms with van der Waals surface area (Å²) < 4.78 is 5.66. The molecule has 2 aromatic rings. The highest BCUT2D eigenvalue weighted by Gasteiger charge is 2.21. The molecule has 0 N–H and O–H groups in total. The molecular weight excluding hydrogens is 372 g/mol. The summed E-state index contributed by atoms with van der Waals surface area (Å²) in [5, 5.41) is 9.80. The number of nitrogens with zero attached hydrogens (tertiary/aromatic N) is 4. The first-order valence-corrected chi connectivity index (χ1v) is 11.2. The molecule has 2 heterocycles. The molecule has 5 nitrogen and oxygen atoms in total. The molecule has 4 rings (SSSR count). The largest absolute Gasteiger partial charge is 0.496 e. The number of aryl methyl sites for hydroxylation is 2. The van der Waals surface area contributed by atoms with E-state index in [4.69, 9.17) is 9.72 Å². The summed E-state index contributed by atoms with van der Waals surface area (Å²) in [5.41, 5.74) is 5.97. The van der Waals surface area contributed by atoms with Crippen molar-refractivity contribution < 1.29 is 4.74 Å². The second-order valence-electron chi connectivity index (χ2n) is 8.75. The van der Waals surface area contributed by atoms with Gasteiger partial charge in [0.15, 0.2) is 0 Å². The van der Waals surface area contributed by atoms with Crippen LogP contribution in [0.15, 0.2) is 24.3 Å². The topological polar surface area (TPSA) is 52.4 Å². The van der Waals surface area contributed by atoms with Gasteiger partial charge in [-0.25, -0.2) is 0 Å². The molecule has 0 spiro atoms. The summed E-state index contributed by atoms with van der Waals surface area (Å²) in [6.45, 7) is 9.85. The smallest absolute Gasteiger partial charge is 0.128 e. The van der Waals surface area contributed by atoms with Crippen LogP contribution in [0.4, 0.5) is 0 Å². The molecule has 0 atom stereocenters. The van der Waals surface area contributed by atoms with E-state index in [1.54, 1.807) is 7.11 Å². The minimum Gasteiger partial charge on any atom is -0.496 e. The predicted octanol–water partition coefficient (Wildman–Crippen LogP) is 4.03. The van der Waals surface area contributed by atoms with Crippen LogP contribution >= 0.6 is 0 Å². The quantitative estimate of drug-likeness (QED) is 0.753. The third kappa shape index (κ3) is 4.35. The van der Waals surface area contributed by atoms with Crippen molar-refractivity contribution in [2.75, 3.05) is 33.3 Å². The van der Waals surface area contributed by atoms with Crippen molar-refractivity contribution in [3.8, 4) is 23.1 Å². The molecule has 0 radical (unpaired) electrons. The number of methoxy groups -OCH3 is 1. The second kappa shape index (κ2) is 9.16. The number of piperazine rings is 1. The molecule has 0 unspecified atom stereocenters. The zero-order valence-electron chi connectivity index (χ0n) is 18.4. The van der Waals surface area contributed by atoms with Crippen LogP contribution < -0.4 is 4.74 Å². The fraction of sp³-hybridized carbons (Fsp3) is 0.520. The van der Waals surface area contributed by atoms with E-state index in [9.17, 15) is 5.26 Å². The summed E-state index contributed by atoms with van der Waals surface area (Å²) in [6.07, 6.45) is 4.37. The molecule has 1 aromatic carbocycles. The highest BCUT2D eigenvalue weighted by Crippen LogP contribution is 2.34. The first kappa shape index (κ1) is 20.8. The van der Waals surface area contributed by atoms with E-state index in [1.165, 1.54) is 24.0 Å². The van der Waals surface area contributed by atoms with E-state index in [-0.39, 0.29) is 0 Å². The Balaban J connectivity index is 1.62. The van der Waals surface area contributed by atoms with Gasteiger partial charge < -0.3 is 4.74 Å². The molecular formula is C25H32N4O.